The first-order valence-corrected chi connectivity index (χ1v) is 22.3. The maximum Gasteiger partial charge on any atom is 0.253 e. The van der Waals surface area contributed by atoms with Crippen molar-refractivity contribution < 1.29 is 24.6 Å². The monoisotopic (exact) mass is 768 g/mol. The Bertz CT molecular complexity index is 1770. The van der Waals surface area contributed by atoms with Gasteiger partial charge >= 0.3 is 0 Å². The maximum absolute atomic E-state index is 14.4. The number of likely N-dealkylation sites (tertiary alicyclic amines) is 1. The number of aliphatic hydroxyl groups is 2. The number of allylic oxidation sites excluding steroid dienone is 1. The number of hydrogen-bond donors (Lipinski definition) is 4. The van der Waals surface area contributed by atoms with Crippen LogP contribution in [0.1, 0.15) is 134 Å². The average Bonchev–Trinajstić information content (AvgIpc) is 3.83. The van der Waals surface area contributed by atoms with Gasteiger partial charge in [-0.3, -0.25) is 14.4 Å². The molecule has 0 bridgehead atoms. The van der Waals surface area contributed by atoms with Crippen molar-refractivity contribution in [2.75, 3.05) is 26.2 Å². The van der Waals surface area contributed by atoms with Crippen LogP contribution in [0.2, 0.25) is 0 Å². The largest absolute Gasteiger partial charge is 0.393 e. The molecule has 1 aliphatic heterocycles. The Morgan fingerprint density at radius 2 is 1.66 bits per heavy atom. The summed E-state index contributed by atoms with van der Waals surface area (Å²) in [7, 11) is 0. The molecule has 7 aliphatic rings. The summed E-state index contributed by atoms with van der Waals surface area (Å²) in [5.74, 6) is 2.49. The summed E-state index contributed by atoms with van der Waals surface area (Å²) in [5, 5.41) is 27.4. The Balaban J connectivity index is 0.855. The van der Waals surface area contributed by atoms with E-state index in [0.29, 0.717) is 80.2 Å². The van der Waals surface area contributed by atoms with E-state index < -0.39 is 6.10 Å². The van der Waals surface area contributed by atoms with Crippen molar-refractivity contribution in [3.63, 3.8) is 0 Å². The quantitative estimate of drug-likeness (QED) is 0.220. The molecule has 5 saturated carbocycles. The number of amides is 3. The number of hydrogen-bond acceptors (Lipinski definition) is 5. The zero-order chi connectivity index (χ0) is 39.7. The summed E-state index contributed by atoms with van der Waals surface area (Å²) < 4.78 is 0. The molecule has 0 spiro atoms. The van der Waals surface area contributed by atoms with Gasteiger partial charge in [0.05, 0.1) is 17.6 Å². The summed E-state index contributed by atoms with van der Waals surface area (Å²) in [6.07, 6.45) is 19.6. The highest BCUT2D eigenvalue weighted by Gasteiger charge is 2.70. The molecular formula is C48H69N3O5. The minimum atomic E-state index is -0.434. The van der Waals surface area contributed by atoms with E-state index in [0.717, 1.165) is 44.1 Å². The Kier molecular flexibility index (Phi) is 10.5. The predicted octanol–water partition coefficient (Wildman–Crippen LogP) is 7.39. The Hall–Kier alpha value is -2.97. The van der Waals surface area contributed by atoms with Gasteiger partial charge < -0.3 is 25.7 Å². The molecule has 10 unspecified atom stereocenters. The lowest BCUT2D eigenvalue weighted by Crippen LogP contribution is -2.67. The van der Waals surface area contributed by atoms with Crippen LogP contribution in [0, 0.1) is 56.7 Å². The zero-order valence-electron chi connectivity index (χ0n) is 34.9. The molecule has 306 valence electrons. The van der Waals surface area contributed by atoms with Crippen molar-refractivity contribution in [2.45, 2.75) is 137 Å². The Morgan fingerprint density at radius 1 is 0.839 bits per heavy atom. The highest BCUT2D eigenvalue weighted by Crippen LogP contribution is 2.76. The molecule has 56 heavy (non-hydrogen) atoms. The molecule has 0 aromatic heterocycles. The number of aliphatic hydroxyl groups excluding tert-OH is 2. The van der Waals surface area contributed by atoms with Crippen molar-refractivity contribution in [3.8, 4) is 0 Å². The SMILES string of the molecule is CC1(C)C(O)CCC2(C)C1CCC1(C)C2CCC2C3CCCC3(C(=O)NCCc3cccc(C(=O)NCC4C=CC(C(=O)N5CCC(O)C5)=CC4)c3)CC[C@]21C. The lowest BCUT2D eigenvalue weighted by molar-refractivity contribution is -0.244. The minimum Gasteiger partial charge on any atom is -0.393 e. The molecule has 6 aliphatic carbocycles. The fourth-order valence-electron chi connectivity index (χ4n) is 14.7. The summed E-state index contributed by atoms with van der Waals surface area (Å²) in [4.78, 5) is 42.0. The zero-order valence-corrected chi connectivity index (χ0v) is 34.9. The highest BCUT2D eigenvalue weighted by molar-refractivity contribution is 5.96. The summed E-state index contributed by atoms with van der Waals surface area (Å²) in [6.45, 7) is 14.6. The molecular weight excluding hydrogens is 699 g/mol. The molecule has 1 heterocycles. The predicted molar refractivity (Wildman–Crippen MR) is 219 cm³/mol. The summed E-state index contributed by atoms with van der Waals surface area (Å²) in [6, 6.07) is 7.76. The lowest BCUT2D eigenvalue weighted by atomic mass is 9.32. The van der Waals surface area contributed by atoms with E-state index in [-0.39, 0.29) is 56.8 Å². The van der Waals surface area contributed by atoms with Crippen LogP contribution in [-0.4, -0.2) is 71.2 Å². The van der Waals surface area contributed by atoms with E-state index in [2.05, 4.69) is 45.3 Å². The van der Waals surface area contributed by atoms with E-state index in [4.69, 9.17) is 0 Å². The first-order valence-electron chi connectivity index (χ1n) is 22.3. The smallest absolute Gasteiger partial charge is 0.253 e. The maximum atomic E-state index is 14.4. The highest BCUT2D eigenvalue weighted by atomic mass is 16.3. The molecule has 6 fully saturated rings. The summed E-state index contributed by atoms with van der Waals surface area (Å²) in [5.41, 5.74) is 2.77. The van der Waals surface area contributed by atoms with Gasteiger partial charge in [0.15, 0.2) is 0 Å². The van der Waals surface area contributed by atoms with E-state index in [1.165, 1.54) is 32.1 Å². The fourth-order valence-corrected chi connectivity index (χ4v) is 14.7. The molecule has 11 atom stereocenters. The van der Waals surface area contributed by atoms with Crippen LogP contribution in [0.4, 0.5) is 0 Å². The second kappa shape index (κ2) is 14.7. The van der Waals surface area contributed by atoms with Gasteiger partial charge in [0.25, 0.3) is 11.8 Å². The molecule has 1 aromatic rings. The van der Waals surface area contributed by atoms with E-state index in [9.17, 15) is 24.6 Å². The topological polar surface area (TPSA) is 119 Å². The molecule has 3 amide bonds. The van der Waals surface area contributed by atoms with E-state index >= 15 is 0 Å². The molecule has 8 nitrogen and oxygen atoms in total. The third kappa shape index (κ3) is 6.42. The van der Waals surface area contributed by atoms with Crippen molar-refractivity contribution in [2.24, 2.45) is 56.7 Å². The molecule has 8 rings (SSSR count). The van der Waals surface area contributed by atoms with Gasteiger partial charge in [0.1, 0.15) is 0 Å². The van der Waals surface area contributed by atoms with Gasteiger partial charge in [-0.15, -0.1) is 0 Å². The number of nitrogens with zero attached hydrogens (tertiary/aromatic N) is 1. The van der Waals surface area contributed by atoms with Crippen LogP contribution in [0.15, 0.2) is 48.1 Å². The second-order valence-corrected chi connectivity index (χ2v) is 20.8. The van der Waals surface area contributed by atoms with Crippen molar-refractivity contribution in [1.29, 1.82) is 0 Å². The van der Waals surface area contributed by atoms with E-state index in [1.54, 1.807) is 4.90 Å². The third-order valence-electron chi connectivity index (χ3n) is 18.1. The normalized spacial score (nSPS) is 41.1. The molecule has 0 radical (unpaired) electrons. The Morgan fingerprint density at radius 3 is 2.41 bits per heavy atom. The number of benzene rings is 1. The van der Waals surface area contributed by atoms with Crippen LogP contribution in [0.25, 0.3) is 0 Å². The van der Waals surface area contributed by atoms with Gasteiger partial charge in [-0.2, -0.15) is 0 Å². The number of fused-ring (bicyclic) bond motifs is 7. The van der Waals surface area contributed by atoms with Gasteiger partial charge in [0, 0.05) is 37.3 Å². The van der Waals surface area contributed by atoms with Gasteiger partial charge in [-0.05, 0) is 152 Å². The number of carbonyl (C=O) groups excluding carboxylic acids is 3. The van der Waals surface area contributed by atoms with Gasteiger partial charge in [-0.1, -0.05) is 71.4 Å². The van der Waals surface area contributed by atoms with Crippen molar-refractivity contribution in [1.82, 2.24) is 15.5 Å². The number of β-amino-alcohol motifs (C(OH)–C–C–N with tert-alkyl or cyclic N) is 1. The van der Waals surface area contributed by atoms with Gasteiger partial charge in [-0.25, -0.2) is 0 Å². The van der Waals surface area contributed by atoms with Crippen LogP contribution >= 0.6 is 0 Å². The van der Waals surface area contributed by atoms with Crippen LogP contribution < -0.4 is 10.6 Å². The van der Waals surface area contributed by atoms with Gasteiger partial charge in [0.2, 0.25) is 5.91 Å². The van der Waals surface area contributed by atoms with Crippen LogP contribution in [-0.2, 0) is 16.0 Å². The fraction of sp³-hybridized carbons (Fsp3) is 0.729. The third-order valence-corrected chi connectivity index (χ3v) is 18.1. The van der Waals surface area contributed by atoms with E-state index in [1.807, 2.05) is 42.5 Å². The second-order valence-electron chi connectivity index (χ2n) is 20.8. The number of carbonyl (C=O) groups is 3. The van der Waals surface area contributed by atoms with Crippen molar-refractivity contribution >= 4 is 17.7 Å². The number of rotatable bonds is 8. The van der Waals surface area contributed by atoms with Crippen molar-refractivity contribution in [3.05, 3.63) is 59.2 Å². The molecule has 8 heteroatoms. The molecule has 1 saturated heterocycles. The standard InChI is InChI=1S/C48H69N3O5/c1-44(2)38-17-23-47(5)39(45(38,3)22-18-40(44)53)16-15-36-37-10-7-21-48(37,25-24-46(36,47)4)43(56)49-26-19-31-8-6-9-34(28-31)41(54)50-29-32-11-13-33(14-12-32)42(55)51-27-20-35(52)30-51/h6,8-9,11,13-14,28,32,35-40,52-53H,7,10,12,15-27,29-30H2,1-5H3,(H,49,56)(H,50,54)/t32?,35?,36?,37?,38?,39?,40?,45?,46-,47?,48?/m1/s1. The Labute approximate surface area is 335 Å². The summed E-state index contributed by atoms with van der Waals surface area (Å²) >= 11 is 0. The average molecular weight is 768 g/mol. The first kappa shape index (κ1) is 39.8. The molecule has 4 N–H and O–H groups in total. The molecule has 1 aromatic carbocycles. The van der Waals surface area contributed by atoms with Crippen LogP contribution in [0.3, 0.4) is 0 Å². The number of nitrogens with one attached hydrogen (secondary N) is 2. The first-order chi connectivity index (χ1) is 26.6. The lowest BCUT2D eigenvalue weighted by Gasteiger charge is -2.72. The van der Waals surface area contributed by atoms with Crippen LogP contribution in [0.5, 0.6) is 0 Å². The minimum absolute atomic E-state index is 0.0344.